The highest BCUT2D eigenvalue weighted by Crippen LogP contribution is 2.27. The molecule has 1 N–H and O–H groups in total. The maximum atomic E-state index is 12.8. The molecule has 2 aliphatic rings. The zero-order chi connectivity index (χ0) is 19.4. The summed E-state index contributed by atoms with van der Waals surface area (Å²) in [6.07, 6.45) is 4.29. The molecule has 148 valence electrons. The predicted octanol–water partition coefficient (Wildman–Crippen LogP) is 2.12. The second-order valence-electron chi connectivity index (χ2n) is 8.06. The second kappa shape index (κ2) is 8.85. The summed E-state index contributed by atoms with van der Waals surface area (Å²) < 4.78 is 0. The number of rotatable bonds is 5. The van der Waals surface area contributed by atoms with Crippen LogP contribution in [0.1, 0.15) is 47.5 Å². The maximum absolute atomic E-state index is 12.8. The number of carboxylic acid groups (broad SMARTS) is 1. The normalized spacial score (nSPS) is 22.2. The Morgan fingerprint density at radius 3 is 2.41 bits per heavy atom. The van der Waals surface area contributed by atoms with Crippen molar-refractivity contribution in [2.24, 2.45) is 0 Å². The molecule has 2 heterocycles. The van der Waals surface area contributed by atoms with Gasteiger partial charge >= 0.3 is 5.97 Å². The Labute approximate surface area is 161 Å². The van der Waals surface area contributed by atoms with Crippen LogP contribution in [0.4, 0.5) is 0 Å². The van der Waals surface area contributed by atoms with E-state index >= 15 is 0 Å². The van der Waals surface area contributed by atoms with Gasteiger partial charge in [0.2, 0.25) is 5.91 Å². The van der Waals surface area contributed by atoms with Gasteiger partial charge in [0.1, 0.15) is 0 Å². The summed E-state index contributed by atoms with van der Waals surface area (Å²) in [6, 6.07) is 7.60. The van der Waals surface area contributed by atoms with E-state index in [2.05, 4.69) is 23.9 Å². The summed E-state index contributed by atoms with van der Waals surface area (Å²) >= 11 is 0. The minimum atomic E-state index is -0.904. The highest BCUT2D eigenvalue weighted by molar-refractivity contribution is 5.87. The largest absolute Gasteiger partial charge is 0.478 e. The molecule has 6 heteroatoms. The van der Waals surface area contributed by atoms with E-state index in [1.165, 1.54) is 0 Å². The molecular weight excluding hydrogens is 342 g/mol. The molecule has 0 aliphatic carbocycles. The van der Waals surface area contributed by atoms with Crippen molar-refractivity contribution in [3.63, 3.8) is 0 Å². The molecule has 3 rings (SSSR count). The minimum Gasteiger partial charge on any atom is -0.478 e. The van der Waals surface area contributed by atoms with Gasteiger partial charge in [-0.25, -0.2) is 4.79 Å². The average Bonchev–Trinajstić information content (AvgIpc) is 2.68. The lowest BCUT2D eigenvalue weighted by Crippen LogP contribution is -2.48. The molecule has 27 heavy (non-hydrogen) atoms. The summed E-state index contributed by atoms with van der Waals surface area (Å²) in [4.78, 5) is 30.4. The number of hydrogen-bond donors (Lipinski definition) is 1. The summed E-state index contributed by atoms with van der Waals surface area (Å²) in [7, 11) is 4.22. The van der Waals surface area contributed by atoms with Crippen molar-refractivity contribution in [3.05, 3.63) is 35.4 Å². The number of likely N-dealkylation sites (tertiary alicyclic amines) is 2. The van der Waals surface area contributed by atoms with Crippen LogP contribution in [0, 0.1) is 0 Å². The Hall–Kier alpha value is -1.92. The standard InChI is InChI=1S/C21H31N3O3/c1-22-12-9-19(10-13-22)23(2)15-20(25)24-11-3-4-18(14-24)16-5-7-17(8-6-16)21(26)27/h5-8,18-19H,3-4,9-15H2,1-2H3,(H,26,27). The minimum absolute atomic E-state index is 0.211. The van der Waals surface area contributed by atoms with Crippen LogP contribution in [-0.4, -0.2) is 84.5 Å². The van der Waals surface area contributed by atoms with Gasteiger partial charge in [-0.2, -0.15) is 0 Å². The van der Waals surface area contributed by atoms with Crippen LogP contribution < -0.4 is 0 Å². The van der Waals surface area contributed by atoms with Gasteiger partial charge < -0.3 is 14.9 Å². The molecule has 2 aliphatic heterocycles. The van der Waals surface area contributed by atoms with E-state index in [0.29, 0.717) is 24.1 Å². The fourth-order valence-electron chi connectivity index (χ4n) is 4.25. The topological polar surface area (TPSA) is 64.1 Å². The second-order valence-corrected chi connectivity index (χ2v) is 8.06. The van der Waals surface area contributed by atoms with Gasteiger partial charge in [0.05, 0.1) is 12.1 Å². The van der Waals surface area contributed by atoms with Gasteiger partial charge in [-0.05, 0) is 70.6 Å². The number of piperidine rings is 2. The van der Waals surface area contributed by atoms with Crippen molar-refractivity contribution in [1.82, 2.24) is 14.7 Å². The van der Waals surface area contributed by atoms with Gasteiger partial charge in [0.15, 0.2) is 0 Å². The van der Waals surface area contributed by atoms with Crippen LogP contribution >= 0.6 is 0 Å². The van der Waals surface area contributed by atoms with Crippen LogP contribution in [-0.2, 0) is 4.79 Å². The molecule has 1 amide bonds. The SMILES string of the molecule is CN1CCC(N(C)CC(=O)N2CCCC(c3ccc(C(=O)O)cc3)C2)CC1. The molecule has 1 aromatic rings. The fraction of sp³-hybridized carbons (Fsp3) is 0.619. The molecular formula is C21H31N3O3. The van der Waals surface area contributed by atoms with Crippen molar-refractivity contribution < 1.29 is 14.7 Å². The Bertz CT molecular complexity index is 653. The lowest BCUT2D eigenvalue weighted by molar-refractivity contribution is -0.134. The molecule has 0 spiro atoms. The van der Waals surface area contributed by atoms with Gasteiger partial charge in [0, 0.05) is 25.0 Å². The first-order valence-electron chi connectivity index (χ1n) is 9.94. The van der Waals surface area contributed by atoms with E-state index < -0.39 is 5.97 Å². The number of amides is 1. The number of hydrogen-bond acceptors (Lipinski definition) is 4. The van der Waals surface area contributed by atoms with Gasteiger partial charge in [-0.15, -0.1) is 0 Å². The van der Waals surface area contributed by atoms with Crippen molar-refractivity contribution in [3.8, 4) is 0 Å². The Morgan fingerprint density at radius 1 is 1.11 bits per heavy atom. The van der Waals surface area contributed by atoms with Crippen LogP contribution in [0.5, 0.6) is 0 Å². The molecule has 1 atom stereocenters. The molecule has 0 saturated carbocycles. The van der Waals surface area contributed by atoms with E-state index in [0.717, 1.165) is 57.4 Å². The quantitative estimate of drug-likeness (QED) is 0.857. The first-order chi connectivity index (χ1) is 12.9. The van der Waals surface area contributed by atoms with Crippen LogP contribution in [0.2, 0.25) is 0 Å². The monoisotopic (exact) mass is 373 g/mol. The average molecular weight is 373 g/mol. The molecule has 2 saturated heterocycles. The smallest absolute Gasteiger partial charge is 0.335 e. The summed E-state index contributed by atoms with van der Waals surface area (Å²) in [5.74, 6) is -0.401. The van der Waals surface area contributed by atoms with Crippen molar-refractivity contribution in [1.29, 1.82) is 0 Å². The summed E-state index contributed by atoms with van der Waals surface area (Å²) in [5, 5.41) is 9.05. The van der Waals surface area contributed by atoms with Crippen LogP contribution in [0.15, 0.2) is 24.3 Å². The van der Waals surface area contributed by atoms with Crippen LogP contribution in [0.3, 0.4) is 0 Å². The highest BCUT2D eigenvalue weighted by Gasteiger charge is 2.27. The first-order valence-corrected chi connectivity index (χ1v) is 9.94. The van der Waals surface area contributed by atoms with Crippen molar-refractivity contribution in [2.45, 2.75) is 37.6 Å². The molecule has 6 nitrogen and oxygen atoms in total. The highest BCUT2D eigenvalue weighted by atomic mass is 16.4. The predicted molar refractivity (Wildman–Crippen MR) is 105 cm³/mol. The molecule has 2 fully saturated rings. The number of carbonyl (C=O) groups excluding carboxylic acids is 1. The Balaban J connectivity index is 1.55. The number of aromatic carboxylic acids is 1. The number of carbonyl (C=O) groups is 2. The molecule has 0 aromatic heterocycles. The van der Waals surface area contributed by atoms with Crippen LogP contribution in [0.25, 0.3) is 0 Å². The third-order valence-corrected chi connectivity index (χ3v) is 6.10. The third kappa shape index (κ3) is 5.08. The Morgan fingerprint density at radius 2 is 1.78 bits per heavy atom. The molecule has 0 radical (unpaired) electrons. The number of nitrogens with zero attached hydrogens (tertiary/aromatic N) is 3. The molecule has 0 bridgehead atoms. The van der Waals surface area contributed by atoms with Crippen molar-refractivity contribution in [2.75, 3.05) is 46.8 Å². The third-order valence-electron chi connectivity index (χ3n) is 6.10. The zero-order valence-electron chi connectivity index (χ0n) is 16.4. The van der Waals surface area contributed by atoms with Crippen molar-refractivity contribution >= 4 is 11.9 Å². The van der Waals surface area contributed by atoms with Gasteiger partial charge in [-0.1, -0.05) is 12.1 Å². The lowest BCUT2D eigenvalue weighted by Gasteiger charge is -2.37. The first kappa shape index (κ1) is 19.8. The van der Waals surface area contributed by atoms with E-state index in [4.69, 9.17) is 5.11 Å². The van der Waals surface area contributed by atoms with E-state index in [1.54, 1.807) is 12.1 Å². The number of likely N-dealkylation sites (N-methyl/N-ethyl adjacent to an activating group) is 1. The zero-order valence-corrected chi connectivity index (χ0v) is 16.4. The maximum Gasteiger partial charge on any atom is 0.335 e. The molecule has 1 unspecified atom stereocenters. The van der Waals surface area contributed by atoms with E-state index in [1.807, 2.05) is 17.0 Å². The van der Waals surface area contributed by atoms with E-state index in [9.17, 15) is 9.59 Å². The Kier molecular flexibility index (Phi) is 6.50. The summed E-state index contributed by atoms with van der Waals surface area (Å²) in [6.45, 7) is 4.23. The molecule has 1 aromatic carbocycles. The van der Waals surface area contributed by atoms with E-state index in [-0.39, 0.29) is 5.91 Å². The summed E-state index contributed by atoms with van der Waals surface area (Å²) in [5.41, 5.74) is 1.43. The number of carboxylic acids is 1. The lowest BCUT2D eigenvalue weighted by atomic mass is 9.90. The van der Waals surface area contributed by atoms with Gasteiger partial charge in [0.25, 0.3) is 0 Å². The number of benzene rings is 1. The van der Waals surface area contributed by atoms with Gasteiger partial charge in [-0.3, -0.25) is 9.69 Å². The fourth-order valence-corrected chi connectivity index (χ4v) is 4.25.